The van der Waals surface area contributed by atoms with Crippen LogP contribution in [0.3, 0.4) is 0 Å². The van der Waals surface area contributed by atoms with Gasteiger partial charge < -0.3 is 25.0 Å². The van der Waals surface area contributed by atoms with Gasteiger partial charge in [0.2, 0.25) is 5.95 Å². The van der Waals surface area contributed by atoms with Crippen molar-refractivity contribution in [2.75, 3.05) is 18.5 Å². The van der Waals surface area contributed by atoms with Crippen molar-refractivity contribution in [3.8, 4) is 11.6 Å². The first-order valence-corrected chi connectivity index (χ1v) is 11.1. The van der Waals surface area contributed by atoms with E-state index in [9.17, 15) is 9.90 Å². The number of hydrogen-bond acceptors (Lipinski definition) is 6. The molecule has 2 aromatic carbocycles. The molecule has 0 fully saturated rings. The van der Waals surface area contributed by atoms with Gasteiger partial charge in [0.25, 0.3) is 5.91 Å². The maximum Gasteiger partial charge on any atom is 0.253 e. The minimum atomic E-state index is -0.480. The van der Waals surface area contributed by atoms with Gasteiger partial charge in [-0.2, -0.15) is 4.98 Å². The van der Waals surface area contributed by atoms with Gasteiger partial charge in [-0.1, -0.05) is 30.3 Å². The zero-order valence-electron chi connectivity index (χ0n) is 18.7. The number of aryl methyl sites for hydroxylation is 1. The maximum absolute atomic E-state index is 12.8. The van der Waals surface area contributed by atoms with E-state index < -0.39 is 6.04 Å². The zero-order valence-corrected chi connectivity index (χ0v) is 18.7. The lowest BCUT2D eigenvalue weighted by molar-refractivity contribution is 0.0916. The molecular formula is C26H25N5O3. The van der Waals surface area contributed by atoms with E-state index >= 15 is 0 Å². The summed E-state index contributed by atoms with van der Waals surface area (Å²) in [7, 11) is 0. The van der Waals surface area contributed by atoms with Gasteiger partial charge in [-0.25, -0.2) is 4.98 Å². The molecule has 1 amide bonds. The molecule has 4 aromatic rings. The number of ether oxygens (including phenoxy) is 1. The van der Waals surface area contributed by atoms with Gasteiger partial charge in [0.05, 0.1) is 24.8 Å². The molecule has 0 spiro atoms. The van der Waals surface area contributed by atoms with Gasteiger partial charge in [-0.05, 0) is 42.3 Å². The Morgan fingerprint density at radius 2 is 2.06 bits per heavy atom. The fourth-order valence-corrected chi connectivity index (χ4v) is 3.97. The van der Waals surface area contributed by atoms with E-state index in [4.69, 9.17) is 4.74 Å². The standard InChI is InChI=1S/C26H25N5O3/c1-17-14-27-26(28-21-7-8-23-19(13-21)10-12-34-23)30-24(17)31-11-9-20(15-31)25(33)29-22(16-32)18-5-3-2-4-6-18/h2-9,11,13-15,22,32H,10,12,16H2,1H3,(H,29,33)(H,27,28,30). The number of amides is 1. The largest absolute Gasteiger partial charge is 0.493 e. The highest BCUT2D eigenvalue weighted by Gasteiger charge is 2.17. The van der Waals surface area contributed by atoms with Crippen LogP contribution in [0, 0.1) is 6.92 Å². The molecule has 1 aliphatic rings. The second kappa shape index (κ2) is 9.36. The van der Waals surface area contributed by atoms with E-state index in [0.717, 1.165) is 34.5 Å². The number of nitrogens with zero attached hydrogens (tertiary/aromatic N) is 3. The van der Waals surface area contributed by atoms with E-state index in [1.807, 2.05) is 55.5 Å². The Balaban J connectivity index is 1.33. The highest BCUT2D eigenvalue weighted by atomic mass is 16.5. The molecule has 3 heterocycles. The number of hydrogen-bond donors (Lipinski definition) is 3. The second-order valence-corrected chi connectivity index (χ2v) is 8.17. The molecule has 0 saturated heterocycles. The first-order chi connectivity index (χ1) is 16.6. The van der Waals surface area contributed by atoms with Crippen molar-refractivity contribution >= 4 is 17.5 Å². The Morgan fingerprint density at radius 1 is 1.21 bits per heavy atom. The molecule has 0 aliphatic carbocycles. The predicted octanol–water partition coefficient (Wildman–Crippen LogP) is 3.72. The summed E-state index contributed by atoms with van der Waals surface area (Å²) >= 11 is 0. The fourth-order valence-electron chi connectivity index (χ4n) is 3.97. The number of rotatable bonds is 7. The molecule has 0 bridgehead atoms. The van der Waals surface area contributed by atoms with Crippen molar-refractivity contribution in [3.05, 3.63) is 95.4 Å². The number of carbonyl (C=O) groups excluding carboxylic acids is 1. The molecule has 172 valence electrons. The molecule has 34 heavy (non-hydrogen) atoms. The summed E-state index contributed by atoms with van der Waals surface area (Å²) in [6.07, 6.45) is 6.15. The highest BCUT2D eigenvalue weighted by molar-refractivity contribution is 5.94. The van der Waals surface area contributed by atoms with Crippen molar-refractivity contribution in [1.82, 2.24) is 19.9 Å². The quantitative estimate of drug-likeness (QED) is 0.393. The van der Waals surface area contributed by atoms with Crippen molar-refractivity contribution in [2.24, 2.45) is 0 Å². The normalized spacial score (nSPS) is 13.1. The topological polar surface area (TPSA) is 101 Å². The summed E-state index contributed by atoms with van der Waals surface area (Å²) in [6.45, 7) is 2.44. The predicted molar refractivity (Wildman–Crippen MR) is 129 cm³/mol. The SMILES string of the molecule is Cc1cnc(Nc2ccc3c(c2)CCO3)nc1-n1ccc(C(=O)NC(CO)c2ccccc2)c1. The van der Waals surface area contributed by atoms with E-state index in [2.05, 4.69) is 20.6 Å². The van der Waals surface area contributed by atoms with Crippen LogP contribution in [-0.4, -0.2) is 38.8 Å². The lowest BCUT2D eigenvalue weighted by atomic mass is 10.1. The van der Waals surface area contributed by atoms with Crippen LogP contribution in [0.5, 0.6) is 5.75 Å². The number of aliphatic hydroxyl groups excluding tert-OH is 1. The van der Waals surface area contributed by atoms with Gasteiger partial charge in [0, 0.05) is 36.3 Å². The number of aliphatic hydroxyl groups is 1. The van der Waals surface area contributed by atoms with Gasteiger partial charge >= 0.3 is 0 Å². The number of benzene rings is 2. The molecule has 0 radical (unpaired) electrons. The molecule has 8 heteroatoms. The molecule has 8 nitrogen and oxygen atoms in total. The van der Waals surface area contributed by atoms with Crippen molar-refractivity contribution in [1.29, 1.82) is 0 Å². The van der Waals surface area contributed by atoms with Crippen molar-refractivity contribution in [2.45, 2.75) is 19.4 Å². The molecule has 0 saturated carbocycles. The lowest BCUT2D eigenvalue weighted by Crippen LogP contribution is -2.30. The van der Waals surface area contributed by atoms with Crippen molar-refractivity contribution in [3.63, 3.8) is 0 Å². The van der Waals surface area contributed by atoms with Crippen LogP contribution >= 0.6 is 0 Å². The first-order valence-electron chi connectivity index (χ1n) is 11.1. The zero-order chi connectivity index (χ0) is 23.5. The van der Waals surface area contributed by atoms with Crippen LogP contribution in [0.4, 0.5) is 11.6 Å². The van der Waals surface area contributed by atoms with Gasteiger partial charge in [0.15, 0.2) is 0 Å². The lowest BCUT2D eigenvalue weighted by Gasteiger charge is -2.16. The monoisotopic (exact) mass is 455 g/mol. The van der Waals surface area contributed by atoms with E-state index in [-0.39, 0.29) is 12.5 Å². The highest BCUT2D eigenvalue weighted by Crippen LogP contribution is 2.29. The van der Waals surface area contributed by atoms with E-state index in [1.165, 1.54) is 0 Å². The Kier molecular flexibility index (Phi) is 5.97. The Morgan fingerprint density at radius 3 is 2.88 bits per heavy atom. The number of nitrogens with one attached hydrogen (secondary N) is 2. The van der Waals surface area contributed by atoms with Crippen LogP contribution in [0.1, 0.15) is 33.1 Å². The minimum Gasteiger partial charge on any atom is -0.493 e. The van der Waals surface area contributed by atoms with Crippen molar-refractivity contribution < 1.29 is 14.6 Å². The third-order valence-corrected chi connectivity index (χ3v) is 5.78. The number of carbonyl (C=O) groups is 1. The van der Waals surface area contributed by atoms with Gasteiger partial charge in [-0.3, -0.25) is 4.79 Å². The van der Waals surface area contributed by atoms with Gasteiger partial charge in [-0.15, -0.1) is 0 Å². The average molecular weight is 456 g/mol. The molecule has 1 unspecified atom stereocenters. The summed E-state index contributed by atoms with van der Waals surface area (Å²) in [5.74, 6) is 1.78. The van der Waals surface area contributed by atoms with Crippen LogP contribution in [0.25, 0.3) is 5.82 Å². The molecule has 3 N–H and O–H groups in total. The van der Waals surface area contributed by atoms with E-state index in [0.29, 0.717) is 23.9 Å². The summed E-state index contributed by atoms with van der Waals surface area (Å²) in [5, 5.41) is 15.9. The molecule has 2 aromatic heterocycles. The summed E-state index contributed by atoms with van der Waals surface area (Å²) in [6, 6.07) is 16.6. The number of fused-ring (bicyclic) bond motifs is 1. The molecule has 5 rings (SSSR count). The van der Waals surface area contributed by atoms with Crippen LogP contribution < -0.4 is 15.4 Å². The van der Waals surface area contributed by atoms with E-state index in [1.54, 1.807) is 29.2 Å². The number of anilines is 2. The Bertz CT molecular complexity index is 1320. The Hall–Kier alpha value is -4.17. The third-order valence-electron chi connectivity index (χ3n) is 5.78. The first kappa shape index (κ1) is 21.7. The van der Waals surface area contributed by atoms with Crippen LogP contribution in [0.15, 0.2) is 73.2 Å². The summed E-state index contributed by atoms with van der Waals surface area (Å²) < 4.78 is 7.36. The van der Waals surface area contributed by atoms with Gasteiger partial charge in [0.1, 0.15) is 11.6 Å². The Labute approximate surface area is 197 Å². The third kappa shape index (κ3) is 4.49. The second-order valence-electron chi connectivity index (χ2n) is 8.17. The molecule has 1 atom stereocenters. The molecule has 1 aliphatic heterocycles. The smallest absolute Gasteiger partial charge is 0.253 e. The summed E-state index contributed by atoms with van der Waals surface area (Å²) in [5.41, 5.74) is 4.24. The fraction of sp³-hybridized carbons (Fsp3) is 0.192. The number of aromatic nitrogens is 3. The maximum atomic E-state index is 12.8. The molecular weight excluding hydrogens is 430 g/mol. The summed E-state index contributed by atoms with van der Waals surface area (Å²) in [4.78, 5) is 21.9. The van der Waals surface area contributed by atoms with Crippen LogP contribution in [0.2, 0.25) is 0 Å². The van der Waals surface area contributed by atoms with Crippen LogP contribution in [-0.2, 0) is 6.42 Å². The minimum absolute atomic E-state index is 0.189. The average Bonchev–Trinajstić information content (AvgIpc) is 3.54.